The molecular formula is C18H26N2O. The number of amides is 1. The van der Waals surface area contributed by atoms with Crippen molar-refractivity contribution in [3.8, 4) is 0 Å². The van der Waals surface area contributed by atoms with Crippen molar-refractivity contribution in [2.75, 3.05) is 19.6 Å². The molecule has 114 valence electrons. The van der Waals surface area contributed by atoms with Crippen LogP contribution in [0.2, 0.25) is 0 Å². The third kappa shape index (κ3) is 3.65. The highest BCUT2D eigenvalue weighted by molar-refractivity contribution is 5.77. The van der Waals surface area contributed by atoms with Crippen LogP contribution >= 0.6 is 0 Å². The summed E-state index contributed by atoms with van der Waals surface area (Å²) in [5.74, 6) is 1.03. The first-order valence-corrected chi connectivity index (χ1v) is 8.39. The van der Waals surface area contributed by atoms with Gasteiger partial charge in [0.25, 0.3) is 0 Å². The molecule has 2 fully saturated rings. The normalized spacial score (nSPS) is 26.0. The third-order valence-corrected chi connectivity index (χ3v) is 4.98. The summed E-state index contributed by atoms with van der Waals surface area (Å²) in [7, 11) is 0. The molecule has 3 nitrogen and oxygen atoms in total. The van der Waals surface area contributed by atoms with Gasteiger partial charge < -0.3 is 10.2 Å². The summed E-state index contributed by atoms with van der Waals surface area (Å²) in [6.07, 6.45) is 6.36. The molecule has 1 aromatic rings. The number of rotatable bonds is 3. The van der Waals surface area contributed by atoms with E-state index in [1.165, 1.54) is 24.8 Å². The highest BCUT2D eigenvalue weighted by Gasteiger charge is 2.33. The van der Waals surface area contributed by atoms with Gasteiger partial charge >= 0.3 is 0 Å². The van der Waals surface area contributed by atoms with Crippen molar-refractivity contribution in [1.29, 1.82) is 0 Å². The Labute approximate surface area is 127 Å². The second kappa shape index (κ2) is 7.08. The number of aryl methyl sites for hydroxylation is 1. The SMILES string of the molecule is O=C(CCc1ccccc1)N1CCCC[C@H]2CNCC[C@H]21. The van der Waals surface area contributed by atoms with E-state index in [1.807, 2.05) is 6.07 Å². The number of carbonyl (C=O) groups is 1. The van der Waals surface area contributed by atoms with Crippen LogP contribution in [0.15, 0.2) is 30.3 Å². The fourth-order valence-electron chi connectivity index (χ4n) is 3.82. The van der Waals surface area contributed by atoms with Crippen molar-refractivity contribution in [3.05, 3.63) is 35.9 Å². The summed E-state index contributed by atoms with van der Waals surface area (Å²) >= 11 is 0. The van der Waals surface area contributed by atoms with Crippen molar-refractivity contribution in [3.63, 3.8) is 0 Å². The summed E-state index contributed by atoms with van der Waals surface area (Å²) in [4.78, 5) is 14.9. The molecule has 1 N–H and O–H groups in total. The quantitative estimate of drug-likeness (QED) is 0.926. The molecule has 2 saturated heterocycles. The van der Waals surface area contributed by atoms with Gasteiger partial charge in [0.15, 0.2) is 0 Å². The zero-order valence-corrected chi connectivity index (χ0v) is 12.8. The number of nitrogens with zero attached hydrogens (tertiary/aromatic N) is 1. The average Bonchev–Trinajstić information content (AvgIpc) is 2.76. The lowest BCUT2D eigenvalue weighted by atomic mass is 9.89. The first kappa shape index (κ1) is 14.6. The molecule has 21 heavy (non-hydrogen) atoms. The summed E-state index contributed by atoms with van der Waals surface area (Å²) < 4.78 is 0. The maximum atomic E-state index is 12.7. The van der Waals surface area contributed by atoms with Crippen LogP contribution in [0.5, 0.6) is 0 Å². The van der Waals surface area contributed by atoms with Gasteiger partial charge in [-0.25, -0.2) is 0 Å². The highest BCUT2D eigenvalue weighted by Crippen LogP contribution is 2.27. The van der Waals surface area contributed by atoms with E-state index in [0.717, 1.165) is 32.5 Å². The number of benzene rings is 1. The zero-order valence-electron chi connectivity index (χ0n) is 12.8. The predicted molar refractivity (Wildman–Crippen MR) is 85.1 cm³/mol. The Kier molecular flexibility index (Phi) is 4.91. The second-order valence-corrected chi connectivity index (χ2v) is 6.39. The second-order valence-electron chi connectivity index (χ2n) is 6.39. The summed E-state index contributed by atoms with van der Waals surface area (Å²) in [5.41, 5.74) is 1.27. The molecule has 0 spiro atoms. The number of carbonyl (C=O) groups excluding carboxylic acids is 1. The molecule has 2 atom stereocenters. The van der Waals surface area contributed by atoms with Gasteiger partial charge in [-0.05, 0) is 50.3 Å². The molecule has 2 aliphatic heterocycles. The Morgan fingerprint density at radius 1 is 1.19 bits per heavy atom. The number of hydrogen-bond donors (Lipinski definition) is 1. The van der Waals surface area contributed by atoms with Crippen molar-refractivity contribution < 1.29 is 4.79 Å². The summed E-state index contributed by atoms with van der Waals surface area (Å²) in [6, 6.07) is 10.8. The average molecular weight is 286 g/mol. The van der Waals surface area contributed by atoms with Gasteiger partial charge in [-0.3, -0.25) is 4.79 Å². The van der Waals surface area contributed by atoms with Crippen LogP contribution in [0.1, 0.15) is 37.7 Å². The van der Waals surface area contributed by atoms with E-state index in [4.69, 9.17) is 0 Å². The smallest absolute Gasteiger partial charge is 0.223 e. The van der Waals surface area contributed by atoms with Gasteiger partial charge in [0, 0.05) is 19.0 Å². The molecule has 0 radical (unpaired) electrons. The predicted octanol–water partition coefficient (Wildman–Crippen LogP) is 2.61. The molecule has 1 aromatic carbocycles. The van der Waals surface area contributed by atoms with Gasteiger partial charge in [0.05, 0.1) is 0 Å². The van der Waals surface area contributed by atoms with E-state index in [-0.39, 0.29) is 0 Å². The number of fused-ring (bicyclic) bond motifs is 1. The fourth-order valence-corrected chi connectivity index (χ4v) is 3.82. The molecule has 2 aliphatic rings. The Hall–Kier alpha value is -1.35. The fraction of sp³-hybridized carbons (Fsp3) is 0.611. The van der Waals surface area contributed by atoms with Gasteiger partial charge in [-0.2, -0.15) is 0 Å². The minimum absolute atomic E-state index is 0.359. The molecule has 0 aromatic heterocycles. The van der Waals surface area contributed by atoms with Crippen LogP contribution in [0.25, 0.3) is 0 Å². The van der Waals surface area contributed by atoms with Crippen molar-refractivity contribution in [2.45, 2.75) is 44.6 Å². The van der Waals surface area contributed by atoms with E-state index >= 15 is 0 Å². The standard InChI is InChI=1S/C18H26N2O/c21-18(10-9-15-6-2-1-3-7-15)20-13-5-4-8-16-14-19-12-11-17(16)20/h1-3,6-7,16-17,19H,4-5,8-14H2/t16-,17+/m0/s1. The highest BCUT2D eigenvalue weighted by atomic mass is 16.2. The molecule has 3 rings (SSSR count). The Balaban J connectivity index is 1.61. The van der Waals surface area contributed by atoms with Crippen molar-refractivity contribution in [1.82, 2.24) is 10.2 Å². The molecule has 2 heterocycles. The molecule has 0 aliphatic carbocycles. The largest absolute Gasteiger partial charge is 0.339 e. The van der Waals surface area contributed by atoms with E-state index < -0.39 is 0 Å². The first-order valence-electron chi connectivity index (χ1n) is 8.39. The molecular weight excluding hydrogens is 260 g/mol. The van der Waals surface area contributed by atoms with E-state index in [1.54, 1.807) is 0 Å². The van der Waals surface area contributed by atoms with Crippen molar-refractivity contribution >= 4 is 5.91 Å². The van der Waals surface area contributed by atoms with E-state index in [9.17, 15) is 4.79 Å². The van der Waals surface area contributed by atoms with E-state index in [2.05, 4.69) is 34.5 Å². The van der Waals surface area contributed by atoms with Crippen LogP contribution in [0, 0.1) is 5.92 Å². The van der Waals surface area contributed by atoms with Gasteiger partial charge in [0.2, 0.25) is 5.91 Å². The zero-order chi connectivity index (χ0) is 14.5. The molecule has 3 heteroatoms. The van der Waals surface area contributed by atoms with Crippen LogP contribution in [0.4, 0.5) is 0 Å². The van der Waals surface area contributed by atoms with Gasteiger partial charge in [0.1, 0.15) is 0 Å². The lowest BCUT2D eigenvalue weighted by Crippen LogP contribution is -2.51. The number of nitrogens with one attached hydrogen (secondary N) is 1. The molecule has 0 saturated carbocycles. The minimum Gasteiger partial charge on any atom is -0.339 e. The topological polar surface area (TPSA) is 32.3 Å². The van der Waals surface area contributed by atoms with Crippen LogP contribution in [-0.2, 0) is 11.2 Å². The van der Waals surface area contributed by atoms with Gasteiger partial charge in [-0.1, -0.05) is 36.8 Å². The third-order valence-electron chi connectivity index (χ3n) is 4.98. The maximum Gasteiger partial charge on any atom is 0.223 e. The monoisotopic (exact) mass is 286 g/mol. The van der Waals surface area contributed by atoms with Crippen LogP contribution < -0.4 is 5.32 Å². The Morgan fingerprint density at radius 3 is 2.90 bits per heavy atom. The maximum absolute atomic E-state index is 12.7. The van der Waals surface area contributed by atoms with Crippen LogP contribution in [-0.4, -0.2) is 36.5 Å². The first-order chi connectivity index (χ1) is 10.3. The van der Waals surface area contributed by atoms with E-state index in [0.29, 0.717) is 24.3 Å². The molecule has 0 unspecified atom stereocenters. The lowest BCUT2D eigenvalue weighted by Gasteiger charge is -2.38. The summed E-state index contributed by atoms with van der Waals surface area (Å²) in [5, 5.41) is 3.49. The number of hydrogen-bond acceptors (Lipinski definition) is 2. The van der Waals surface area contributed by atoms with Gasteiger partial charge in [-0.15, -0.1) is 0 Å². The molecule has 0 bridgehead atoms. The Morgan fingerprint density at radius 2 is 2.05 bits per heavy atom. The van der Waals surface area contributed by atoms with Crippen LogP contribution in [0.3, 0.4) is 0 Å². The summed E-state index contributed by atoms with van der Waals surface area (Å²) in [6.45, 7) is 3.12. The minimum atomic E-state index is 0.359. The van der Waals surface area contributed by atoms with Crippen molar-refractivity contribution in [2.24, 2.45) is 5.92 Å². The Bertz CT molecular complexity index is 460. The number of piperidine rings is 1. The number of likely N-dealkylation sites (tertiary alicyclic amines) is 1. The molecule has 1 amide bonds. The lowest BCUT2D eigenvalue weighted by molar-refractivity contribution is -0.134.